The van der Waals surface area contributed by atoms with Crippen molar-refractivity contribution in [3.8, 4) is 0 Å². The number of hydrogen-bond donors (Lipinski definition) is 1. The summed E-state index contributed by atoms with van der Waals surface area (Å²) >= 11 is 0. The predicted octanol–water partition coefficient (Wildman–Crippen LogP) is 3.10. The lowest BCUT2D eigenvalue weighted by Crippen LogP contribution is -2.34. The molecule has 0 spiro atoms. The second-order valence-electron chi connectivity index (χ2n) is 7.46. The van der Waals surface area contributed by atoms with E-state index in [2.05, 4.69) is 15.0 Å². The molecule has 2 aromatic heterocycles. The van der Waals surface area contributed by atoms with Gasteiger partial charge >= 0.3 is 6.09 Å². The first-order chi connectivity index (χ1) is 13.4. The molecule has 1 amide bonds. The number of anilines is 1. The Balaban J connectivity index is 2.31. The lowest BCUT2D eigenvalue weighted by Gasteiger charge is -2.25. The number of aromatic amines is 1. The number of amides is 1. The molecule has 156 valence electrons. The molecule has 0 aliphatic heterocycles. The molecule has 0 fully saturated rings. The summed E-state index contributed by atoms with van der Waals surface area (Å²) in [5.74, 6) is -0.597. The van der Waals surface area contributed by atoms with E-state index in [9.17, 15) is 17.6 Å². The number of hydrogen-bond acceptors (Lipinski definition) is 6. The fourth-order valence-corrected chi connectivity index (χ4v) is 4.03. The van der Waals surface area contributed by atoms with E-state index in [4.69, 9.17) is 4.74 Å². The SMILES string of the molecule is CN(C(=O)OC(C)(C)C)c1cc(F)cc2c1[nH]c1nc(S(C)=O)nc(S(C)=O)c12. The van der Waals surface area contributed by atoms with Crippen LogP contribution < -0.4 is 4.90 Å². The number of ether oxygens (including phenoxy) is 1. The molecule has 3 rings (SSSR count). The second kappa shape index (κ2) is 7.45. The summed E-state index contributed by atoms with van der Waals surface area (Å²) in [4.78, 5) is 25.1. The molecule has 11 heteroatoms. The van der Waals surface area contributed by atoms with Gasteiger partial charge in [0.25, 0.3) is 0 Å². The number of benzene rings is 1. The molecule has 1 aromatic carbocycles. The molecule has 29 heavy (non-hydrogen) atoms. The van der Waals surface area contributed by atoms with Crippen molar-refractivity contribution in [1.82, 2.24) is 15.0 Å². The molecule has 0 aliphatic carbocycles. The van der Waals surface area contributed by atoms with Crippen LogP contribution in [0.4, 0.5) is 14.9 Å². The minimum Gasteiger partial charge on any atom is -0.443 e. The first kappa shape index (κ1) is 21.3. The summed E-state index contributed by atoms with van der Waals surface area (Å²) in [6.07, 6.45) is 2.17. The number of rotatable bonds is 3. The molecule has 1 N–H and O–H groups in total. The highest BCUT2D eigenvalue weighted by atomic mass is 32.2. The minimum absolute atomic E-state index is 0.0109. The van der Waals surface area contributed by atoms with Crippen LogP contribution in [0.15, 0.2) is 22.3 Å². The van der Waals surface area contributed by atoms with Crippen LogP contribution in [0.1, 0.15) is 20.8 Å². The molecular weight excluding hydrogens is 419 g/mol. The smallest absolute Gasteiger partial charge is 0.414 e. The molecule has 0 bridgehead atoms. The Morgan fingerprint density at radius 1 is 1.17 bits per heavy atom. The van der Waals surface area contributed by atoms with Crippen molar-refractivity contribution in [2.75, 3.05) is 24.5 Å². The monoisotopic (exact) mass is 440 g/mol. The molecule has 0 saturated carbocycles. The Hall–Kier alpha value is -2.40. The third-order valence-corrected chi connectivity index (χ3v) is 5.55. The van der Waals surface area contributed by atoms with Crippen molar-refractivity contribution in [2.45, 2.75) is 36.6 Å². The van der Waals surface area contributed by atoms with Crippen LogP contribution in [0.3, 0.4) is 0 Å². The highest BCUT2D eigenvalue weighted by Gasteiger charge is 2.25. The lowest BCUT2D eigenvalue weighted by atomic mass is 10.1. The van der Waals surface area contributed by atoms with E-state index in [1.54, 1.807) is 20.8 Å². The molecule has 0 radical (unpaired) electrons. The van der Waals surface area contributed by atoms with E-state index in [-0.39, 0.29) is 21.5 Å². The zero-order valence-electron chi connectivity index (χ0n) is 16.8. The van der Waals surface area contributed by atoms with Crippen molar-refractivity contribution >= 4 is 55.3 Å². The van der Waals surface area contributed by atoms with Crippen molar-refractivity contribution in [2.24, 2.45) is 0 Å². The van der Waals surface area contributed by atoms with Crippen LogP contribution >= 0.6 is 0 Å². The number of H-pyrrole nitrogens is 1. The maximum Gasteiger partial charge on any atom is 0.414 e. The number of nitrogens with one attached hydrogen (secondary N) is 1. The van der Waals surface area contributed by atoms with Crippen LogP contribution in [0, 0.1) is 5.82 Å². The Bertz CT molecular complexity index is 1190. The summed E-state index contributed by atoms with van der Waals surface area (Å²) in [6.45, 7) is 5.19. The third-order valence-electron chi connectivity index (χ3n) is 4.01. The van der Waals surface area contributed by atoms with Gasteiger partial charge in [-0.05, 0) is 32.9 Å². The van der Waals surface area contributed by atoms with Crippen LogP contribution in [0.5, 0.6) is 0 Å². The van der Waals surface area contributed by atoms with Crippen LogP contribution in [0.2, 0.25) is 0 Å². The van der Waals surface area contributed by atoms with Gasteiger partial charge in [-0.3, -0.25) is 13.3 Å². The average Bonchev–Trinajstić information content (AvgIpc) is 2.96. The van der Waals surface area contributed by atoms with Gasteiger partial charge < -0.3 is 9.72 Å². The van der Waals surface area contributed by atoms with Gasteiger partial charge in [0, 0.05) is 24.9 Å². The third kappa shape index (κ3) is 4.15. The average molecular weight is 441 g/mol. The van der Waals surface area contributed by atoms with E-state index >= 15 is 0 Å². The molecule has 3 aromatic rings. The largest absolute Gasteiger partial charge is 0.443 e. The van der Waals surface area contributed by atoms with Crippen molar-refractivity contribution in [1.29, 1.82) is 0 Å². The number of carbonyl (C=O) groups is 1. The Labute approximate surface area is 171 Å². The molecule has 2 unspecified atom stereocenters. The summed E-state index contributed by atoms with van der Waals surface area (Å²) in [5.41, 5.74) is 0.152. The van der Waals surface area contributed by atoms with Crippen LogP contribution in [-0.4, -0.2) is 54.6 Å². The van der Waals surface area contributed by atoms with Gasteiger partial charge in [0.05, 0.1) is 38.2 Å². The van der Waals surface area contributed by atoms with Crippen molar-refractivity contribution < 1.29 is 22.3 Å². The maximum absolute atomic E-state index is 14.4. The second-order valence-corrected chi connectivity index (χ2v) is 10.0. The van der Waals surface area contributed by atoms with Gasteiger partial charge in [0.2, 0.25) is 5.16 Å². The molecular formula is C18H21FN4O4S2. The molecule has 8 nitrogen and oxygen atoms in total. The van der Waals surface area contributed by atoms with E-state index in [0.717, 1.165) is 0 Å². The summed E-state index contributed by atoms with van der Waals surface area (Å²) in [6, 6.07) is 2.44. The Kier molecular flexibility index (Phi) is 5.48. The number of fused-ring (bicyclic) bond motifs is 3. The van der Waals surface area contributed by atoms with E-state index in [1.165, 1.54) is 36.6 Å². The van der Waals surface area contributed by atoms with E-state index < -0.39 is 39.1 Å². The van der Waals surface area contributed by atoms with Gasteiger partial charge in [-0.15, -0.1) is 0 Å². The first-order valence-electron chi connectivity index (χ1n) is 8.55. The van der Waals surface area contributed by atoms with E-state index in [1.807, 2.05) is 0 Å². The Morgan fingerprint density at radius 3 is 2.38 bits per heavy atom. The summed E-state index contributed by atoms with van der Waals surface area (Å²) < 4.78 is 44.0. The lowest BCUT2D eigenvalue weighted by molar-refractivity contribution is 0.0589. The normalized spacial score (nSPS) is 14.2. The zero-order chi connectivity index (χ0) is 21.7. The quantitative estimate of drug-likeness (QED) is 0.496. The summed E-state index contributed by atoms with van der Waals surface area (Å²) in [7, 11) is -1.59. The van der Waals surface area contributed by atoms with E-state index in [0.29, 0.717) is 16.3 Å². The minimum atomic E-state index is -1.54. The number of carbonyl (C=O) groups excluding carboxylic acids is 1. The number of halogens is 1. The number of aromatic nitrogens is 3. The number of nitrogens with zero attached hydrogens (tertiary/aromatic N) is 3. The van der Waals surface area contributed by atoms with Gasteiger partial charge in [-0.25, -0.2) is 19.2 Å². The summed E-state index contributed by atoms with van der Waals surface area (Å²) in [5, 5.41) is 0.872. The van der Waals surface area contributed by atoms with Gasteiger partial charge in [-0.2, -0.15) is 0 Å². The van der Waals surface area contributed by atoms with Crippen molar-refractivity contribution in [3.63, 3.8) is 0 Å². The topological polar surface area (TPSA) is 105 Å². The highest BCUT2D eigenvalue weighted by Crippen LogP contribution is 2.35. The van der Waals surface area contributed by atoms with Gasteiger partial charge in [0.1, 0.15) is 22.1 Å². The van der Waals surface area contributed by atoms with Crippen LogP contribution in [0.25, 0.3) is 21.9 Å². The molecule has 2 atom stereocenters. The Morgan fingerprint density at radius 2 is 1.83 bits per heavy atom. The van der Waals surface area contributed by atoms with Gasteiger partial charge in [-0.1, -0.05) is 0 Å². The molecule has 2 heterocycles. The molecule has 0 saturated heterocycles. The van der Waals surface area contributed by atoms with Crippen LogP contribution in [-0.2, 0) is 26.3 Å². The van der Waals surface area contributed by atoms with Gasteiger partial charge in [0.15, 0.2) is 0 Å². The fourth-order valence-electron chi connectivity index (χ4n) is 2.82. The fraction of sp³-hybridized carbons (Fsp3) is 0.389. The van der Waals surface area contributed by atoms with Crippen molar-refractivity contribution in [3.05, 3.63) is 17.9 Å². The standard InChI is InChI=1S/C18H21FN4O4S2/c1-18(2,3)27-17(24)23(4)11-8-9(19)7-10-12-14(20-13(10)11)21-16(29(6)26)22-15(12)28(5)25/h7-8H,1-6H3,(H,20,21,22). The molecule has 0 aliphatic rings. The first-order valence-corrected chi connectivity index (χ1v) is 11.7. The highest BCUT2D eigenvalue weighted by molar-refractivity contribution is 7.85. The zero-order valence-corrected chi connectivity index (χ0v) is 18.5. The maximum atomic E-state index is 14.4. The predicted molar refractivity (Wildman–Crippen MR) is 111 cm³/mol.